The largest absolute Gasteiger partial charge is 0.258 e. The molecule has 0 aliphatic carbocycles. The van der Waals surface area contributed by atoms with Gasteiger partial charge < -0.3 is 0 Å². The molecule has 20 heavy (non-hydrogen) atoms. The van der Waals surface area contributed by atoms with E-state index in [9.17, 15) is 0 Å². The second-order valence-electron chi connectivity index (χ2n) is 4.39. The van der Waals surface area contributed by atoms with Crippen molar-refractivity contribution in [2.75, 3.05) is 0 Å². The van der Waals surface area contributed by atoms with Crippen LogP contribution < -0.4 is 0 Å². The van der Waals surface area contributed by atoms with Crippen LogP contribution >= 0.6 is 0 Å². The molecule has 0 aromatic carbocycles. The van der Waals surface area contributed by atoms with Crippen LogP contribution in [0, 0.1) is 20.8 Å². The fourth-order valence-electron chi connectivity index (χ4n) is 1.99. The Bertz CT molecular complexity index is 550. The van der Waals surface area contributed by atoms with Crippen LogP contribution in [0.3, 0.4) is 0 Å². The third-order valence-electron chi connectivity index (χ3n) is 2.65. The van der Waals surface area contributed by atoms with Gasteiger partial charge in [0.2, 0.25) is 0 Å². The van der Waals surface area contributed by atoms with Gasteiger partial charge in [0.15, 0.2) is 0 Å². The molecular formula is C15H21BN4. The summed E-state index contributed by atoms with van der Waals surface area (Å²) in [5.41, 5.74) is 4.83. The van der Waals surface area contributed by atoms with Crippen LogP contribution in [0.25, 0.3) is 0 Å². The van der Waals surface area contributed by atoms with E-state index in [0.29, 0.717) is 18.6 Å². The van der Waals surface area contributed by atoms with Gasteiger partial charge in [-0.25, -0.2) is 4.98 Å². The van der Waals surface area contributed by atoms with Gasteiger partial charge >= 0.3 is 0 Å². The summed E-state index contributed by atoms with van der Waals surface area (Å²) in [5, 5.41) is 8.19. The molecule has 5 heteroatoms. The lowest BCUT2D eigenvalue weighted by Crippen LogP contribution is -2.07. The number of aryl methyl sites for hydroxylation is 3. The molecular weight excluding hydrogens is 247 g/mol. The molecule has 0 saturated carbocycles. The summed E-state index contributed by atoms with van der Waals surface area (Å²) in [4.78, 5) is 8.67. The van der Waals surface area contributed by atoms with Gasteiger partial charge in [0, 0.05) is 17.8 Å². The first-order chi connectivity index (χ1) is 9.58. The van der Waals surface area contributed by atoms with Crippen LogP contribution in [0.1, 0.15) is 48.0 Å². The van der Waals surface area contributed by atoms with Crippen molar-refractivity contribution < 1.29 is 0 Å². The van der Waals surface area contributed by atoms with Gasteiger partial charge in [0.05, 0.1) is 19.2 Å². The van der Waals surface area contributed by atoms with Crippen molar-refractivity contribution in [2.45, 2.75) is 47.4 Å². The Morgan fingerprint density at radius 2 is 1.50 bits per heavy atom. The Morgan fingerprint density at radius 1 is 0.900 bits per heavy atom. The summed E-state index contributed by atoms with van der Waals surface area (Å²) in [5.74, 6) is 0.654. The van der Waals surface area contributed by atoms with Crippen molar-refractivity contribution >= 4 is 7.85 Å². The number of rotatable bonds is 3. The average Bonchev–Trinajstić information content (AvgIpc) is 2.42. The monoisotopic (exact) mass is 268 g/mol. The molecule has 0 unspecified atom stereocenters. The SMILES string of the molecule is CC.[B]Cc1nc(C)nnc1Cc1cc(C)nc(C)c1. The number of pyridine rings is 1. The van der Waals surface area contributed by atoms with Crippen LogP contribution in [-0.2, 0) is 12.7 Å². The summed E-state index contributed by atoms with van der Waals surface area (Å²) in [6.45, 7) is 9.79. The highest BCUT2D eigenvalue weighted by Gasteiger charge is 2.07. The van der Waals surface area contributed by atoms with E-state index in [2.05, 4.69) is 32.3 Å². The van der Waals surface area contributed by atoms with E-state index in [0.717, 1.165) is 28.3 Å². The van der Waals surface area contributed by atoms with Crippen LogP contribution in [0.5, 0.6) is 0 Å². The minimum Gasteiger partial charge on any atom is -0.258 e. The number of nitrogens with zero attached hydrogens (tertiary/aromatic N) is 4. The lowest BCUT2D eigenvalue weighted by atomic mass is 9.97. The Kier molecular flexibility index (Phi) is 6.29. The van der Waals surface area contributed by atoms with Crippen molar-refractivity contribution in [3.8, 4) is 0 Å². The standard InChI is InChI=1S/C13H15BN4.C2H6/c1-8-4-11(5-9(2)15-8)6-12-13(7-14)16-10(3)17-18-12;1-2/h4-5H,6-7H2,1-3H3;1-2H3. The van der Waals surface area contributed by atoms with Crippen molar-refractivity contribution in [1.82, 2.24) is 20.2 Å². The summed E-state index contributed by atoms with van der Waals surface area (Å²) in [6.07, 6.45) is 1.08. The van der Waals surface area contributed by atoms with E-state index in [1.807, 2.05) is 34.6 Å². The van der Waals surface area contributed by atoms with E-state index in [-0.39, 0.29) is 0 Å². The maximum atomic E-state index is 5.69. The van der Waals surface area contributed by atoms with Crippen LogP contribution in [0.2, 0.25) is 0 Å². The zero-order valence-corrected chi connectivity index (χ0v) is 12.9. The molecule has 0 aliphatic heterocycles. The molecule has 0 saturated heterocycles. The quantitative estimate of drug-likeness (QED) is 0.802. The van der Waals surface area contributed by atoms with Gasteiger partial charge in [-0.2, -0.15) is 5.10 Å². The molecule has 0 spiro atoms. The minimum absolute atomic E-state index is 0.384. The number of aromatic nitrogens is 4. The molecule has 0 amide bonds. The van der Waals surface area contributed by atoms with E-state index in [4.69, 9.17) is 7.85 Å². The highest BCUT2D eigenvalue weighted by molar-refractivity contribution is 6.08. The Hall–Kier alpha value is -1.78. The first-order valence-electron chi connectivity index (χ1n) is 6.92. The predicted molar refractivity (Wildman–Crippen MR) is 81.9 cm³/mol. The number of hydrogen-bond donors (Lipinski definition) is 0. The molecule has 4 nitrogen and oxygen atoms in total. The van der Waals surface area contributed by atoms with E-state index >= 15 is 0 Å². The van der Waals surface area contributed by atoms with Crippen LogP contribution in [-0.4, -0.2) is 28.0 Å². The van der Waals surface area contributed by atoms with Gasteiger partial charge in [-0.05, 0) is 44.8 Å². The molecule has 0 bridgehead atoms. The fraction of sp³-hybridized carbons (Fsp3) is 0.467. The maximum absolute atomic E-state index is 5.69. The second-order valence-corrected chi connectivity index (χ2v) is 4.39. The van der Waals surface area contributed by atoms with E-state index < -0.39 is 0 Å². The van der Waals surface area contributed by atoms with Crippen molar-refractivity contribution in [3.63, 3.8) is 0 Å². The first-order valence-corrected chi connectivity index (χ1v) is 6.92. The van der Waals surface area contributed by atoms with Crippen LogP contribution in [0.15, 0.2) is 12.1 Å². The normalized spacial score (nSPS) is 9.85. The lowest BCUT2D eigenvalue weighted by molar-refractivity contribution is 0.818. The van der Waals surface area contributed by atoms with Gasteiger partial charge in [0.25, 0.3) is 0 Å². The highest BCUT2D eigenvalue weighted by Crippen LogP contribution is 2.12. The van der Waals surface area contributed by atoms with Gasteiger partial charge in [-0.3, -0.25) is 4.98 Å². The highest BCUT2D eigenvalue weighted by atomic mass is 15.2. The molecule has 2 radical (unpaired) electrons. The Balaban J connectivity index is 0.000000956. The summed E-state index contributed by atoms with van der Waals surface area (Å²) >= 11 is 0. The smallest absolute Gasteiger partial charge is 0.148 e. The fourth-order valence-corrected chi connectivity index (χ4v) is 1.99. The van der Waals surface area contributed by atoms with Gasteiger partial charge in [0.1, 0.15) is 5.82 Å². The molecule has 2 rings (SSSR count). The maximum Gasteiger partial charge on any atom is 0.148 e. The van der Waals surface area contributed by atoms with Crippen molar-refractivity contribution in [2.24, 2.45) is 0 Å². The topological polar surface area (TPSA) is 51.6 Å². The molecule has 2 aromatic rings. The molecule has 0 fully saturated rings. The molecule has 104 valence electrons. The molecule has 0 atom stereocenters. The van der Waals surface area contributed by atoms with E-state index in [1.165, 1.54) is 0 Å². The molecule has 0 aliphatic rings. The zero-order valence-electron chi connectivity index (χ0n) is 12.9. The van der Waals surface area contributed by atoms with Gasteiger partial charge in [-0.15, -0.1) is 5.10 Å². The third-order valence-corrected chi connectivity index (χ3v) is 2.65. The Labute approximate surface area is 122 Å². The van der Waals surface area contributed by atoms with Crippen LogP contribution in [0.4, 0.5) is 0 Å². The summed E-state index contributed by atoms with van der Waals surface area (Å²) < 4.78 is 0. The summed E-state index contributed by atoms with van der Waals surface area (Å²) in [6, 6.07) is 4.10. The van der Waals surface area contributed by atoms with Crippen molar-refractivity contribution in [3.05, 3.63) is 46.3 Å². The molecule has 2 heterocycles. The van der Waals surface area contributed by atoms with E-state index in [1.54, 1.807) is 0 Å². The lowest BCUT2D eigenvalue weighted by Gasteiger charge is -2.07. The predicted octanol–water partition coefficient (Wildman–Crippen LogP) is 2.48. The third kappa shape index (κ3) is 4.40. The molecule has 2 aromatic heterocycles. The second kappa shape index (κ2) is 7.73. The summed E-state index contributed by atoms with van der Waals surface area (Å²) in [7, 11) is 5.69. The van der Waals surface area contributed by atoms with Gasteiger partial charge in [-0.1, -0.05) is 13.8 Å². The van der Waals surface area contributed by atoms with Crippen molar-refractivity contribution in [1.29, 1.82) is 0 Å². The Morgan fingerprint density at radius 3 is 2.05 bits per heavy atom. The molecule has 0 N–H and O–H groups in total. The average molecular weight is 268 g/mol. The zero-order chi connectivity index (χ0) is 15.1. The minimum atomic E-state index is 0.384. The first kappa shape index (κ1) is 16.3. The number of hydrogen-bond acceptors (Lipinski definition) is 4.